The minimum atomic E-state index is -0.553. The monoisotopic (exact) mass is 430 g/mol. The SMILES string of the molecule is CC[C@H](C)N(CC(=O)N1CCc2sccc2[C@@H]1c1ccc(F)cc1)C(=O)C(C)(C)C. The number of fused-ring (bicyclic) bond motifs is 1. The smallest absolute Gasteiger partial charge is 0.243 e. The molecule has 0 spiro atoms. The highest BCUT2D eigenvalue weighted by molar-refractivity contribution is 7.10. The molecular weight excluding hydrogens is 399 g/mol. The van der Waals surface area contributed by atoms with Crippen molar-refractivity contribution in [3.63, 3.8) is 0 Å². The number of amides is 2. The molecule has 4 nitrogen and oxygen atoms in total. The van der Waals surface area contributed by atoms with Gasteiger partial charge >= 0.3 is 0 Å². The summed E-state index contributed by atoms with van der Waals surface area (Å²) in [6, 6.07) is 8.16. The van der Waals surface area contributed by atoms with Gasteiger partial charge in [-0.05, 0) is 54.5 Å². The van der Waals surface area contributed by atoms with Crippen molar-refractivity contribution in [3.05, 3.63) is 57.5 Å². The third-order valence-corrected chi connectivity index (χ3v) is 6.80. The first kappa shape index (κ1) is 22.5. The van der Waals surface area contributed by atoms with Crippen molar-refractivity contribution in [3.8, 4) is 0 Å². The number of carbonyl (C=O) groups excluding carboxylic acids is 2. The molecule has 162 valence electrons. The number of rotatable bonds is 5. The molecule has 6 heteroatoms. The molecule has 2 aromatic rings. The van der Waals surface area contributed by atoms with Gasteiger partial charge in [-0.2, -0.15) is 0 Å². The third-order valence-electron chi connectivity index (χ3n) is 5.80. The lowest BCUT2D eigenvalue weighted by atomic mass is 9.92. The Morgan fingerprint density at radius 3 is 2.50 bits per heavy atom. The molecule has 0 radical (unpaired) electrons. The normalized spacial score (nSPS) is 17.4. The van der Waals surface area contributed by atoms with Crippen molar-refractivity contribution in [2.24, 2.45) is 5.41 Å². The van der Waals surface area contributed by atoms with Crippen LogP contribution in [-0.2, 0) is 16.0 Å². The van der Waals surface area contributed by atoms with E-state index in [2.05, 4.69) is 6.07 Å². The highest BCUT2D eigenvalue weighted by Gasteiger charge is 2.36. The molecule has 0 aliphatic carbocycles. The summed E-state index contributed by atoms with van der Waals surface area (Å²) in [5, 5.41) is 2.05. The molecule has 0 fully saturated rings. The van der Waals surface area contributed by atoms with Crippen LogP contribution in [0.2, 0.25) is 0 Å². The second-order valence-corrected chi connectivity index (χ2v) is 10.0. The highest BCUT2D eigenvalue weighted by atomic mass is 32.1. The summed E-state index contributed by atoms with van der Waals surface area (Å²) in [5.74, 6) is -0.382. The first-order valence-corrected chi connectivity index (χ1v) is 11.4. The van der Waals surface area contributed by atoms with Gasteiger partial charge in [-0.15, -0.1) is 11.3 Å². The van der Waals surface area contributed by atoms with E-state index in [1.54, 1.807) is 28.4 Å². The standard InChI is InChI=1S/C24H31FN2O2S/c1-6-16(2)27(23(29)24(3,4)5)15-21(28)26-13-11-20-19(12-14-30-20)22(26)17-7-9-18(25)10-8-17/h7-10,12,14,16,22H,6,11,13,15H2,1-5H3/t16-,22-/m0/s1. The summed E-state index contributed by atoms with van der Waals surface area (Å²) < 4.78 is 13.5. The number of benzene rings is 1. The van der Waals surface area contributed by atoms with Crippen molar-refractivity contribution < 1.29 is 14.0 Å². The minimum Gasteiger partial charge on any atom is -0.330 e. The van der Waals surface area contributed by atoms with Crippen LogP contribution in [-0.4, -0.2) is 40.7 Å². The molecule has 2 atom stereocenters. The molecule has 0 N–H and O–H groups in total. The van der Waals surface area contributed by atoms with Crippen molar-refractivity contribution in [1.82, 2.24) is 9.80 Å². The van der Waals surface area contributed by atoms with Gasteiger partial charge in [0, 0.05) is 22.9 Å². The molecule has 1 aliphatic heterocycles. The van der Waals surface area contributed by atoms with Gasteiger partial charge in [0.2, 0.25) is 11.8 Å². The Morgan fingerprint density at radius 2 is 1.90 bits per heavy atom. The molecule has 3 rings (SSSR count). The van der Waals surface area contributed by atoms with Gasteiger partial charge in [0.1, 0.15) is 12.4 Å². The van der Waals surface area contributed by atoms with E-state index >= 15 is 0 Å². The topological polar surface area (TPSA) is 40.6 Å². The van der Waals surface area contributed by atoms with E-state index < -0.39 is 5.41 Å². The van der Waals surface area contributed by atoms with Gasteiger partial charge in [0.15, 0.2) is 0 Å². The zero-order valence-electron chi connectivity index (χ0n) is 18.4. The van der Waals surface area contributed by atoms with Crippen molar-refractivity contribution in [2.45, 2.75) is 59.5 Å². The van der Waals surface area contributed by atoms with E-state index in [4.69, 9.17) is 0 Å². The largest absolute Gasteiger partial charge is 0.330 e. The molecule has 2 amide bonds. The Labute approximate surface area is 182 Å². The van der Waals surface area contributed by atoms with Crippen LogP contribution < -0.4 is 0 Å². The maximum atomic E-state index is 13.5. The lowest BCUT2D eigenvalue weighted by molar-refractivity contribution is -0.148. The Morgan fingerprint density at radius 1 is 1.23 bits per heavy atom. The molecule has 0 saturated carbocycles. The predicted molar refractivity (Wildman–Crippen MR) is 119 cm³/mol. The maximum Gasteiger partial charge on any atom is 0.243 e. The quantitative estimate of drug-likeness (QED) is 0.667. The van der Waals surface area contributed by atoms with Crippen molar-refractivity contribution >= 4 is 23.2 Å². The first-order valence-electron chi connectivity index (χ1n) is 10.6. The fourth-order valence-electron chi connectivity index (χ4n) is 3.91. The molecular formula is C24H31FN2O2S. The molecule has 0 bridgehead atoms. The van der Waals surface area contributed by atoms with Crippen LogP contribution in [0.25, 0.3) is 0 Å². The first-order chi connectivity index (χ1) is 14.1. The van der Waals surface area contributed by atoms with Gasteiger partial charge in [-0.25, -0.2) is 4.39 Å². The zero-order valence-corrected chi connectivity index (χ0v) is 19.3. The summed E-state index contributed by atoms with van der Waals surface area (Å²) in [5.41, 5.74) is 1.44. The number of nitrogens with zero attached hydrogens (tertiary/aromatic N) is 2. The minimum absolute atomic E-state index is 0.0169. The summed E-state index contributed by atoms with van der Waals surface area (Å²) >= 11 is 1.69. The van der Waals surface area contributed by atoms with E-state index in [0.717, 1.165) is 24.0 Å². The zero-order chi connectivity index (χ0) is 22.1. The number of halogens is 1. The highest BCUT2D eigenvalue weighted by Crippen LogP contribution is 2.38. The van der Waals surface area contributed by atoms with Gasteiger partial charge in [0.05, 0.1) is 6.04 Å². The van der Waals surface area contributed by atoms with Crippen LogP contribution in [0.15, 0.2) is 35.7 Å². The predicted octanol–water partition coefficient (Wildman–Crippen LogP) is 5.03. The molecule has 1 aliphatic rings. The van der Waals surface area contributed by atoms with E-state index in [-0.39, 0.29) is 36.3 Å². The van der Waals surface area contributed by atoms with Crippen molar-refractivity contribution in [1.29, 1.82) is 0 Å². The summed E-state index contributed by atoms with van der Waals surface area (Å²) in [6.07, 6.45) is 1.58. The lowest BCUT2D eigenvalue weighted by Gasteiger charge is -2.39. The molecule has 30 heavy (non-hydrogen) atoms. The van der Waals surface area contributed by atoms with Crippen LogP contribution in [0.1, 0.15) is 63.1 Å². The fraction of sp³-hybridized carbons (Fsp3) is 0.500. The van der Waals surface area contributed by atoms with Crippen LogP contribution in [0, 0.1) is 11.2 Å². The number of thiophene rings is 1. The second-order valence-electron chi connectivity index (χ2n) is 9.03. The van der Waals surface area contributed by atoms with Gasteiger partial charge in [-0.1, -0.05) is 39.8 Å². The average Bonchev–Trinajstić information content (AvgIpc) is 3.19. The summed E-state index contributed by atoms with van der Waals surface area (Å²) in [4.78, 5) is 31.4. The Kier molecular flexibility index (Phi) is 6.65. The Balaban J connectivity index is 1.92. The maximum absolute atomic E-state index is 13.5. The summed E-state index contributed by atoms with van der Waals surface area (Å²) in [6.45, 7) is 10.3. The van der Waals surface area contributed by atoms with Crippen LogP contribution >= 0.6 is 11.3 Å². The van der Waals surface area contributed by atoms with Gasteiger partial charge in [0.25, 0.3) is 0 Å². The lowest BCUT2D eigenvalue weighted by Crippen LogP contribution is -2.51. The molecule has 0 saturated heterocycles. The Bertz CT molecular complexity index is 901. The van der Waals surface area contributed by atoms with E-state index in [1.165, 1.54) is 17.0 Å². The van der Waals surface area contributed by atoms with Gasteiger partial charge < -0.3 is 9.80 Å². The molecule has 0 unspecified atom stereocenters. The number of carbonyl (C=O) groups is 2. The third kappa shape index (κ3) is 4.59. The van der Waals surface area contributed by atoms with Crippen LogP contribution in [0.3, 0.4) is 0 Å². The van der Waals surface area contributed by atoms with Crippen LogP contribution in [0.5, 0.6) is 0 Å². The van der Waals surface area contributed by atoms with Crippen LogP contribution in [0.4, 0.5) is 4.39 Å². The average molecular weight is 431 g/mol. The Hall–Kier alpha value is -2.21. The number of hydrogen-bond acceptors (Lipinski definition) is 3. The fourth-order valence-corrected chi connectivity index (χ4v) is 4.81. The molecule has 1 aromatic carbocycles. The van der Waals surface area contributed by atoms with Crippen molar-refractivity contribution in [2.75, 3.05) is 13.1 Å². The van der Waals surface area contributed by atoms with Gasteiger partial charge in [-0.3, -0.25) is 9.59 Å². The van der Waals surface area contributed by atoms with E-state index in [1.807, 2.05) is 44.9 Å². The second kappa shape index (κ2) is 8.88. The number of hydrogen-bond donors (Lipinski definition) is 0. The molecule has 2 heterocycles. The molecule has 1 aromatic heterocycles. The summed E-state index contributed by atoms with van der Waals surface area (Å²) in [7, 11) is 0. The van der Waals surface area contributed by atoms with E-state index in [0.29, 0.717) is 6.54 Å². The van der Waals surface area contributed by atoms with E-state index in [9.17, 15) is 14.0 Å².